The maximum Gasteiger partial charge on any atom is 0.328 e. The molecule has 2 unspecified atom stereocenters. The number of aromatic nitrogens is 1. The monoisotopic (exact) mass is 276 g/mol. The third-order valence-electron chi connectivity index (χ3n) is 3.71. The largest absolute Gasteiger partial charge is 0.478 e. The Morgan fingerprint density at radius 2 is 2.35 bits per heavy atom. The van der Waals surface area contributed by atoms with Gasteiger partial charge in [-0.3, -0.25) is 0 Å². The van der Waals surface area contributed by atoms with E-state index in [-0.39, 0.29) is 6.10 Å². The van der Waals surface area contributed by atoms with Crippen LogP contribution in [0, 0.1) is 5.92 Å². The zero-order chi connectivity index (χ0) is 14.5. The predicted octanol–water partition coefficient (Wildman–Crippen LogP) is 2.04. The van der Waals surface area contributed by atoms with Gasteiger partial charge in [-0.1, -0.05) is 6.92 Å². The van der Waals surface area contributed by atoms with Crippen molar-refractivity contribution in [3.05, 3.63) is 30.0 Å². The summed E-state index contributed by atoms with van der Waals surface area (Å²) < 4.78 is 5.50. The van der Waals surface area contributed by atoms with Crippen molar-refractivity contribution in [1.29, 1.82) is 0 Å². The van der Waals surface area contributed by atoms with Gasteiger partial charge in [-0.2, -0.15) is 0 Å². The van der Waals surface area contributed by atoms with Gasteiger partial charge in [-0.25, -0.2) is 9.78 Å². The van der Waals surface area contributed by atoms with Crippen molar-refractivity contribution in [2.24, 2.45) is 5.92 Å². The SMILES string of the molecule is COC1CN(c2ccc(/C=C/C(=O)O)cn2)CCC1C. The molecule has 5 heteroatoms. The molecule has 20 heavy (non-hydrogen) atoms. The van der Waals surface area contributed by atoms with Gasteiger partial charge in [0.05, 0.1) is 6.10 Å². The van der Waals surface area contributed by atoms with E-state index in [0.29, 0.717) is 5.92 Å². The first-order chi connectivity index (χ1) is 9.60. The molecular weight excluding hydrogens is 256 g/mol. The van der Waals surface area contributed by atoms with Crippen LogP contribution in [-0.4, -0.2) is 42.4 Å². The van der Waals surface area contributed by atoms with Crippen molar-refractivity contribution in [1.82, 2.24) is 4.98 Å². The van der Waals surface area contributed by atoms with E-state index in [1.165, 1.54) is 6.08 Å². The van der Waals surface area contributed by atoms with E-state index in [1.54, 1.807) is 13.3 Å². The molecule has 0 amide bonds. The number of ether oxygens (including phenoxy) is 1. The van der Waals surface area contributed by atoms with Crippen molar-refractivity contribution in [2.45, 2.75) is 19.4 Å². The number of hydrogen-bond acceptors (Lipinski definition) is 4. The molecule has 0 spiro atoms. The molecule has 0 saturated carbocycles. The van der Waals surface area contributed by atoms with Crippen LogP contribution in [0.3, 0.4) is 0 Å². The number of carboxylic acid groups (broad SMARTS) is 1. The molecule has 1 aliphatic heterocycles. The molecule has 0 aromatic carbocycles. The first kappa shape index (κ1) is 14.5. The van der Waals surface area contributed by atoms with Gasteiger partial charge in [0.15, 0.2) is 0 Å². The molecule has 0 aliphatic carbocycles. The van der Waals surface area contributed by atoms with Crippen LogP contribution >= 0.6 is 0 Å². The van der Waals surface area contributed by atoms with Crippen molar-refractivity contribution in [3.63, 3.8) is 0 Å². The number of aliphatic carboxylic acids is 1. The molecule has 1 fully saturated rings. The molecule has 2 atom stereocenters. The van der Waals surface area contributed by atoms with Gasteiger partial charge in [0.1, 0.15) is 5.82 Å². The number of nitrogens with zero attached hydrogens (tertiary/aromatic N) is 2. The molecule has 1 N–H and O–H groups in total. The number of carbonyl (C=O) groups is 1. The summed E-state index contributed by atoms with van der Waals surface area (Å²) in [6.07, 6.45) is 5.66. The van der Waals surface area contributed by atoms with Crippen LogP contribution in [0.2, 0.25) is 0 Å². The molecule has 1 aromatic heterocycles. The van der Waals surface area contributed by atoms with Crippen LogP contribution in [-0.2, 0) is 9.53 Å². The molecule has 1 aliphatic rings. The Labute approximate surface area is 118 Å². The van der Waals surface area contributed by atoms with Crippen LogP contribution in [0.4, 0.5) is 5.82 Å². The van der Waals surface area contributed by atoms with Crippen LogP contribution in [0.1, 0.15) is 18.9 Å². The summed E-state index contributed by atoms with van der Waals surface area (Å²) in [5.74, 6) is 0.516. The standard InChI is InChI=1S/C15H20N2O3/c1-11-7-8-17(10-13(11)20-2)14-5-3-12(9-16-14)4-6-15(18)19/h3-6,9,11,13H,7-8,10H2,1-2H3,(H,18,19)/b6-4+. The highest BCUT2D eigenvalue weighted by molar-refractivity contribution is 5.85. The van der Waals surface area contributed by atoms with E-state index in [2.05, 4.69) is 16.8 Å². The summed E-state index contributed by atoms with van der Waals surface area (Å²) in [6.45, 7) is 4.02. The Morgan fingerprint density at radius 1 is 1.55 bits per heavy atom. The second kappa shape index (κ2) is 6.52. The second-order valence-corrected chi connectivity index (χ2v) is 5.11. The fourth-order valence-corrected chi connectivity index (χ4v) is 2.40. The summed E-state index contributed by atoms with van der Waals surface area (Å²) in [7, 11) is 1.75. The normalized spacial score (nSPS) is 23.2. The van der Waals surface area contributed by atoms with Crippen LogP contribution in [0.15, 0.2) is 24.4 Å². The first-order valence-electron chi connectivity index (χ1n) is 6.75. The molecule has 5 nitrogen and oxygen atoms in total. The first-order valence-corrected chi connectivity index (χ1v) is 6.75. The molecular formula is C15H20N2O3. The lowest BCUT2D eigenvalue weighted by atomic mass is 9.96. The molecule has 108 valence electrons. The van der Waals surface area contributed by atoms with Gasteiger partial charge in [0.2, 0.25) is 0 Å². The predicted molar refractivity (Wildman–Crippen MR) is 77.7 cm³/mol. The number of piperidine rings is 1. The third kappa shape index (κ3) is 3.57. The van der Waals surface area contributed by atoms with E-state index in [4.69, 9.17) is 9.84 Å². The third-order valence-corrected chi connectivity index (χ3v) is 3.71. The number of anilines is 1. The zero-order valence-electron chi connectivity index (χ0n) is 11.8. The lowest BCUT2D eigenvalue weighted by Crippen LogP contribution is -2.44. The number of hydrogen-bond donors (Lipinski definition) is 1. The Bertz CT molecular complexity index is 484. The van der Waals surface area contributed by atoms with Gasteiger partial charge in [-0.05, 0) is 36.1 Å². The fraction of sp³-hybridized carbons (Fsp3) is 0.467. The van der Waals surface area contributed by atoms with Crippen LogP contribution in [0.25, 0.3) is 6.08 Å². The molecule has 2 heterocycles. The Hall–Kier alpha value is -1.88. The van der Waals surface area contributed by atoms with Crippen LogP contribution < -0.4 is 4.90 Å². The maximum absolute atomic E-state index is 10.5. The Balaban J connectivity index is 2.04. The minimum Gasteiger partial charge on any atom is -0.478 e. The average molecular weight is 276 g/mol. The van der Waals surface area contributed by atoms with Crippen molar-refractivity contribution in [3.8, 4) is 0 Å². The topological polar surface area (TPSA) is 62.7 Å². The molecule has 1 saturated heterocycles. The number of rotatable bonds is 4. The average Bonchev–Trinajstić information content (AvgIpc) is 2.46. The van der Waals surface area contributed by atoms with Crippen LogP contribution in [0.5, 0.6) is 0 Å². The van der Waals surface area contributed by atoms with E-state index in [0.717, 1.165) is 37.0 Å². The summed E-state index contributed by atoms with van der Waals surface area (Å²) in [5.41, 5.74) is 0.782. The van der Waals surface area contributed by atoms with Gasteiger partial charge in [0.25, 0.3) is 0 Å². The minimum atomic E-state index is -0.956. The molecule has 0 radical (unpaired) electrons. The van der Waals surface area contributed by atoms with Crippen molar-refractivity contribution >= 4 is 17.9 Å². The summed E-state index contributed by atoms with van der Waals surface area (Å²) in [5, 5.41) is 8.59. The van der Waals surface area contributed by atoms with Gasteiger partial charge >= 0.3 is 5.97 Å². The van der Waals surface area contributed by atoms with E-state index >= 15 is 0 Å². The van der Waals surface area contributed by atoms with Crippen molar-refractivity contribution < 1.29 is 14.6 Å². The fourth-order valence-electron chi connectivity index (χ4n) is 2.40. The van der Waals surface area contributed by atoms with Gasteiger partial charge in [-0.15, -0.1) is 0 Å². The summed E-state index contributed by atoms with van der Waals surface area (Å²) in [6, 6.07) is 3.80. The number of pyridine rings is 1. The Morgan fingerprint density at radius 3 is 2.95 bits per heavy atom. The van der Waals surface area contributed by atoms with Gasteiger partial charge in [0, 0.05) is 32.5 Å². The second-order valence-electron chi connectivity index (χ2n) is 5.11. The highest BCUT2D eigenvalue weighted by Crippen LogP contribution is 2.23. The highest BCUT2D eigenvalue weighted by Gasteiger charge is 2.26. The van der Waals surface area contributed by atoms with E-state index < -0.39 is 5.97 Å². The molecule has 1 aromatic rings. The summed E-state index contributed by atoms with van der Waals surface area (Å²) in [4.78, 5) is 17.1. The number of methoxy groups -OCH3 is 1. The smallest absolute Gasteiger partial charge is 0.328 e. The summed E-state index contributed by atoms with van der Waals surface area (Å²) >= 11 is 0. The van der Waals surface area contributed by atoms with Gasteiger partial charge < -0.3 is 14.7 Å². The quantitative estimate of drug-likeness (QED) is 0.853. The maximum atomic E-state index is 10.5. The lowest BCUT2D eigenvalue weighted by molar-refractivity contribution is -0.131. The Kier molecular flexibility index (Phi) is 4.74. The highest BCUT2D eigenvalue weighted by atomic mass is 16.5. The zero-order valence-corrected chi connectivity index (χ0v) is 11.8. The molecule has 2 rings (SSSR count). The lowest BCUT2D eigenvalue weighted by Gasteiger charge is -2.36. The van der Waals surface area contributed by atoms with Crippen molar-refractivity contribution in [2.75, 3.05) is 25.1 Å². The van der Waals surface area contributed by atoms with E-state index in [9.17, 15) is 4.79 Å². The molecule has 0 bridgehead atoms. The van der Waals surface area contributed by atoms with E-state index in [1.807, 2.05) is 12.1 Å². The minimum absolute atomic E-state index is 0.233. The number of carboxylic acids is 1.